The molecule has 0 aliphatic rings. The number of nitrogens with zero attached hydrogens (tertiary/aromatic N) is 3. The number of imidazole rings is 1. The zero-order valence-electron chi connectivity index (χ0n) is 17.8. The Morgan fingerprint density at radius 2 is 2.13 bits per heavy atom. The molecule has 0 fully saturated rings. The second-order valence-corrected chi connectivity index (χ2v) is 7.36. The summed E-state index contributed by atoms with van der Waals surface area (Å²) >= 11 is 0. The maximum absolute atomic E-state index is 12.3. The number of aryl methyl sites for hydroxylation is 2. The van der Waals surface area contributed by atoms with Crippen LogP contribution < -0.4 is 21.5 Å². The summed E-state index contributed by atoms with van der Waals surface area (Å²) in [6.07, 6.45) is 2.56. The van der Waals surface area contributed by atoms with E-state index < -0.39 is 5.97 Å². The van der Waals surface area contributed by atoms with E-state index in [2.05, 4.69) is 27.2 Å². The molecule has 0 saturated carbocycles. The molecule has 0 unspecified atom stereocenters. The van der Waals surface area contributed by atoms with Gasteiger partial charge in [0.25, 0.3) is 0 Å². The van der Waals surface area contributed by atoms with Crippen molar-refractivity contribution in [3.63, 3.8) is 0 Å². The Morgan fingerprint density at radius 1 is 1.32 bits per heavy atom. The van der Waals surface area contributed by atoms with E-state index in [0.717, 1.165) is 24.0 Å². The first-order valence-corrected chi connectivity index (χ1v) is 10.3. The number of ether oxygens (including phenoxy) is 1. The van der Waals surface area contributed by atoms with Crippen molar-refractivity contribution < 1.29 is 14.6 Å². The van der Waals surface area contributed by atoms with E-state index >= 15 is 0 Å². The van der Waals surface area contributed by atoms with Crippen LogP contribution in [0.25, 0.3) is 11.2 Å². The lowest BCUT2D eigenvalue weighted by Crippen LogP contribution is -2.21. The van der Waals surface area contributed by atoms with Crippen LogP contribution in [0.1, 0.15) is 47.7 Å². The third kappa shape index (κ3) is 5.40. The highest BCUT2D eigenvalue weighted by molar-refractivity contribution is 5.89. The molecule has 10 heteroatoms. The number of carboxylic acid groups (broad SMARTS) is 1. The number of nitrogens with one attached hydrogen (secondary N) is 2. The largest absolute Gasteiger partial charge is 0.478 e. The Bertz CT molecular complexity index is 1120. The molecule has 0 bridgehead atoms. The number of aromatic carboxylic acids is 1. The fraction of sp³-hybridized carbons (Fsp3) is 0.429. The first kappa shape index (κ1) is 22.3. The van der Waals surface area contributed by atoms with E-state index in [1.807, 2.05) is 6.07 Å². The number of H-pyrrole nitrogens is 1. The maximum Gasteiger partial charge on any atom is 0.335 e. The molecule has 166 valence electrons. The van der Waals surface area contributed by atoms with Gasteiger partial charge < -0.3 is 25.9 Å². The smallest absolute Gasteiger partial charge is 0.335 e. The second-order valence-electron chi connectivity index (χ2n) is 7.36. The van der Waals surface area contributed by atoms with E-state index in [9.17, 15) is 9.59 Å². The zero-order valence-corrected chi connectivity index (χ0v) is 17.8. The molecule has 2 aromatic heterocycles. The summed E-state index contributed by atoms with van der Waals surface area (Å²) in [7, 11) is 0. The number of nitrogen functional groups attached to an aromatic ring is 1. The molecule has 0 aliphatic carbocycles. The number of fused-ring (bicyclic) bond motifs is 1. The van der Waals surface area contributed by atoms with Crippen LogP contribution in [0.5, 0.6) is 6.01 Å². The number of aromatic amines is 1. The van der Waals surface area contributed by atoms with Crippen molar-refractivity contribution in [3.8, 4) is 6.01 Å². The minimum absolute atomic E-state index is 0.171. The van der Waals surface area contributed by atoms with E-state index in [-0.39, 0.29) is 17.5 Å². The van der Waals surface area contributed by atoms with Crippen molar-refractivity contribution in [3.05, 3.63) is 45.4 Å². The SMILES string of the molecule is CCCCOc1nc(N)c2[nH]c(=O)n(CCCNCc3ccc(C(=O)O)c(C)c3)c2n1. The average Bonchev–Trinajstić information content (AvgIpc) is 3.04. The van der Waals surface area contributed by atoms with Gasteiger partial charge in [-0.05, 0) is 43.5 Å². The fourth-order valence-corrected chi connectivity index (χ4v) is 3.28. The predicted molar refractivity (Wildman–Crippen MR) is 117 cm³/mol. The number of rotatable bonds is 11. The molecule has 0 radical (unpaired) electrons. The molecule has 3 aromatic rings. The van der Waals surface area contributed by atoms with Gasteiger partial charge in [-0.15, -0.1) is 0 Å². The van der Waals surface area contributed by atoms with Crippen molar-refractivity contribution >= 4 is 23.0 Å². The first-order valence-electron chi connectivity index (χ1n) is 10.3. The molecule has 3 rings (SSSR count). The molecule has 31 heavy (non-hydrogen) atoms. The number of hydrogen-bond donors (Lipinski definition) is 4. The molecule has 5 N–H and O–H groups in total. The monoisotopic (exact) mass is 428 g/mol. The van der Waals surface area contributed by atoms with Gasteiger partial charge in [0.05, 0.1) is 12.2 Å². The molecule has 0 aliphatic heterocycles. The van der Waals surface area contributed by atoms with Gasteiger partial charge in [-0.3, -0.25) is 4.57 Å². The Kier molecular flexibility index (Phi) is 7.24. The Hall–Kier alpha value is -3.40. The number of unbranched alkanes of at least 4 members (excludes halogenated alkanes) is 1. The quantitative estimate of drug-likeness (QED) is 0.339. The minimum atomic E-state index is -0.926. The number of aromatic nitrogens is 4. The summed E-state index contributed by atoms with van der Waals surface area (Å²) in [6.45, 7) is 6.06. The topological polar surface area (TPSA) is 148 Å². The van der Waals surface area contributed by atoms with Gasteiger partial charge in [-0.2, -0.15) is 9.97 Å². The van der Waals surface area contributed by atoms with Crippen LogP contribution in [0.15, 0.2) is 23.0 Å². The number of nitrogens with two attached hydrogens (primary N) is 1. The summed E-state index contributed by atoms with van der Waals surface area (Å²) < 4.78 is 7.08. The van der Waals surface area contributed by atoms with Gasteiger partial charge in [0, 0.05) is 13.1 Å². The minimum Gasteiger partial charge on any atom is -0.478 e. The van der Waals surface area contributed by atoms with Crippen LogP contribution in [0, 0.1) is 6.92 Å². The zero-order chi connectivity index (χ0) is 22.4. The highest BCUT2D eigenvalue weighted by atomic mass is 16.5. The molecule has 0 saturated heterocycles. The van der Waals surface area contributed by atoms with Gasteiger partial charge in [-0.1, -0.05) is 25.5 Å². The summed E-state index contributed by atoms with van der Waals surface area (Å²) in [5.74, 6) is -0.741. The lowest BCUT2D eigenvalue weighted by molar-refractivity contribution is 0.0696. The summed E-state index contributed by atoms with van der Waals surface area (Å²) in [4.78, 5) is 34.6. The summed E-state index contributed by atoms with van der Waals surface area (Å²) in [5.41, 5.74) is 8.55. The van der Waals surface area contributed by atoms with E-state index in [1.54, 1.807) is 19.1 Å². The van der Waals surface area contributed by atoms with Crippen LogP contribution in [-0.4, -0.2) is 43.7 Å². The Balaban J connectivity index is 1.59. The van der Waals surface area contributed by atoms with Crippen molar-refractivity contribution in [2.45, 2.75) is 46.2 Å². The Morgan fingerprint density at radius 3 is 2.84 bits per heavy atom. The molecule has 0 atom stereocenters. The molecule has 0 amide bonds. The number of hydrogen-bond acceptors (Lipinski definition) is 7. The predicted octanol–water partition coefficient (Wildman–Crippen LogP) is 2.07. The van der Waals surface area contributed by atoms with Crippen molar-refractivity contribution in [2.24, 2.45) is 0 Å². The third-order valence-corrected chi connectivity index (χ3v) is 4.94. The lowest BCUT2D eigenvalue weighted by Gasteiger charge is -2.08. The summed E-state index contributed by atoms with van der Waals surface area (Å²) in [6, 6.07) is 5.45. The van der Waals surface area contributed by atoms with Crippen molar-refractivity contribution in [1.82, 2.24) is 24.8 Å². The fourth-order valence-electron chi connectivity index (χ4n) is 3.28. The van der Waals surface area contributed by atoms with Gasteiger partial charge in [0.1, 0.15) is 5.52 Å². The normalized spacial score (nSPS) is 11.2. The van der Waals surface area contributed by atoms with Crippen LogP contribution in [0.4, 0.5) is 5.82 Å². The van der Waals surface area contributed by atoms with Crippen molar-refractivity contribution in [1.29, 1.82) is 0 Å². The number of anilines is 1. The van der Waals surface area contributed by atoms with Crippen LogP contribution in [0.3, 0.4) is 0 Å². The molecular weight excluding hydrogens is 400 g/mol. The highest BCUT2D eigenvalue weighted by Gasteiger charge is 2.14. The molecule has 2 heterocycles. The van der Waals surface area contributed by atoms with Gasteiger partial charge >= 0.3 is 17.7 Å². The van der Waals surface area contributed by atoms with E-state index in [4.69, 9.17) is 15.6 Å². The van der Waals surface area contributed by atoms with Crippen molar-refractivity contribution in [2.75, 3.05) is 18.9 Å². The second kappa shape index (κ2) is 10.1. The summed E-state index contributed by atoms with van der Waals surface area (Å²) in [5, 5.41) is 12.4. The number of benzene rings is 1. The van der Waals surface area contributed by atoms with Crippen LogP contribution >= 0.6 is 0 Å². The molecular formula is C21H28N6O4. The maximum atomic E-state index is 12.3. The average molecular weight is 428 g/mol. The molecule has 10 nitrogen and oxygen atoms in total. The van der Waals surface area contributed by atoms with Crippen LogP contribution in [0.2, 0.25) is 0 Å². The standard InChI is InChI=1S/C21H28N6O4/c1-3-4-10-31-20-25-17(22)16-18(26-20)27(21(30)24-16)9-5-8-23-12-14-6-7-15(19(28)29)13(2)11-14/h6-7,11,23H,3-5,8-10,12H2,1-2H3,(H,24,30)(H,28,29)(H2,22,25,26). The first-order chi connectivity index (χ1) is 14.9. The van der Waals surface area contributed by atoms with E-state index in [0.29, 0.717) is 49.4 Å². The van der Waals surface area contributed by atoms with E-state index in [1.165, 1.54) is 4.57 Å². The third-order valence-electron chi connectivity index (χ3n) is 4.94. The van der Waals surface area contributed by atoms with Crippen LogP contribution in [-0.2, 0) is 13.1 Å². The van der Waals surface area contributed by atoms with Gasteiger partial charge in [-0.25, -0.2) is 9.59 Å². The number of carboxylic acids is 1. The molecule has 0 spiro atoms. The highest BCUT2D eigenvalue weighted by Crippen LogP contribution is 2.18. The lowest BCUT2D eigenvalue weighted by atomic mass is 10.1. The van der Waals surface area contributed by atoms with Gasteiger partial charge in [0.2, 0.25) is 0 Å². The van der Waals surface area contributed by atoms with Gasteiger partial charge in [0.15, 0.2) is 11.5 Å². The Labute approximate surface area is 179 Å². The number of carbonyl (C=O) groups is 1. The molecule has 1 aromatic carbocycles.